The minimum absolute atomic E-state index is 0.0101. The van der Waals surface area contributed by atoms with Crippen LogP contribution in [-0.2, 0) is 25.5 Å². The Kier molecular flexibility index (Phi) is 10.2. The molecule has 3 amide bonds. The summed E-state index contributed by atoms with van der Waals surface area (Å²) in [6.45, 7) is 5.30. The second kappa shape index (κ2) is 12.8. The molecule has 0 spiro atoms. The summed E-state index contributed by atoms with van der Waals surface area (Å²) in [6, 6.07) is -0.0145. The molecule has 0 bridgehead atoms. The molecule has 1 aliphatic rings. The third-order valence-electron chi connectivity index (χ3n) is 5.05. The normalized spacial score (nSPS) is 21.5. The lowest BCUT2D eigenvalue weighted by Gasteiger charge is -2.27. The van der Waals surface area contributed by atoms with Gasteiger partial charge in [-0.2, -0.15) is 0 Å². The average Bonchev–Trinajstić information content (AvgIpc) is 2.73. The van der Waals surface area contributed by atoms with Gasteiger partial charge in [-0.25, -0.2) is 14.6 Å². The Bertz CT molecular complexity index is 758. The second-order valence-electron chi connectivity index (χ2n) is 8.07. The molecule has 178 valence electrons. The standard InChI is InChI=1S/C21H33N5O6/c1-13(2)16-11-31-7-3-4-8-32-12-17(19(27)24-16)26-21(30)25-15(20(28)29)9-14-5-6-18(22)23-10-14/h5-6,10,13,15-17H,3-4,7-9,11-12H2,1-2H3,(H2,22,23)(H,24,27)(H,28,29)(H2,25,26,30)/t15?,16?,17-/m1/s1. The van der Waals surface area contributed by atoms with Crippen LogP contribution in [0.3, 0.4) is 0 Å². The van der Waals surface area contributed by atoms with Crippen molar-refractivity contribution in [1.29, 1.82) is 0 Å². The Morgan fingerprint density at radius 3 is 2.53 bits per heavy atom. The van der Waals surface area contributed by atoms with Crippen LogP contribution in [0, 0.1) is 5.92 Å². The van der Waals surface area contributed by atoms with Crippen LogP contribution in [0.15, 0.2) is 18.3 Å². The monoisotopic (exact) mass is 451 g/mol. The van der Waals surface area contributed by atoms with E-state index in [2.05, 4.69) is 20.9 Å². The van der Waals surface area contributed by atoms with Gasteiger partial charge < -0.3 is 36.3 Å². The molecule has 2 rings (SSSR count). The highest BCUT2D eigenvalue weighted by Gasteiger charge is 2.27. The van der Waals surface area contributed by atoms with Crippen LogP contribution in [0.4, 0.5) is 10.6 Å². The molecule has 1 aromatic rings. The minimum Gasteiger partial charge on any atom is -0.480 e. The first-order valence-electron chi connectivity index (χ1n) is 10.7. The Morgan fingerprint density at radius 1 is 1.25 bits per heavy atom. The number of hydrogen-bond donors (Lipinski definition) is 5. The van der Waals surface area contributed by atoms with Crippen molar-refractivity contribution >= 4 is 23.7 Å². The van der Waals surface area contributed by atoms with Crippen molar-refractivity contribution in [3.63, 3.8) is 0 Å². The van der Waals surface area contributed by atoms with E-state index in [1.807, 2.05) is 13.8 Å². The molecule has 6 N–H and O–H groups in total. The molecular formula is C21H33N5O6. The summed E-state index contributed by atoms with van der Waals surface area (Å²) in [5, 5.41) is 17.3. The van der Waals surface area contributed by atoms with E-state index in [-0.39, 0.29) is 25.0 Å². The maximum absolute atomic E-state index is 12.8. The smallest absolute Gasteiger partial charge is 0.326 e. The number of nitrogens with one attached hydrogen (secondary N) is 3. The molecule has 1 saturated heterocycles. The van der Waals surface area contributed by atoms with Crippen LogP contribution in [0.1, 0.15) is 32.3 Å². The van der Waals surface area contributed by atoms with Gasteiger partial charge in [0.25, 0.3) is 0 Å². The average molecular weight is 452 g/mol. The molecule has 11 nitrogen and oxygen atoms in total. The number of urea groups is 1. The number of aliphatic carboxylic acids is 1. The van der Waals surface area contributed by atoms with Crippen molar-refractivity contribution in [2.45, 2.75) is 51.2 Å². The Balaban J connectivity index is 2.02. The van der Waals surface area contributed by atoms with Gasteiger partial charge in [0.05, 0.1) is 19.3 Å². The van der Waals surface area contributed by atoms with Crippen LogP contribution in [0.2, 0.25) is 0 Å². The van der Waals surface area contributed by atoms with Crippen LogP contribution in [-0.4, -0.2) is 72.6 Å². The number of nitrogens with zero attached hydrogens (tertiary/aromatic N) is 1. The number of carbonyl (C=O) groups excluding carboxylic acids is 2. The van der Waals surface area contributed by atoms with Crippen molar-refractivity contribution in [2.24, 2.45) is 5.92 Å². The molecule has 3 atom stereocenters. The van der Waals surface area contributed by atoms with Crippen LogP contribution in [0.5, 0.6) is 0 Å². The van der Waals surface area contributed by atoms with Crippen molar-refractivity contribution in [1.82, 2.24) is 20.9 Å². The van der Waals surface area contributed by atoms with E-state index in [9.17, 15) is 19.5 Å². The first-order valence-corrected chi connectivity index (χ1v) is 10.7. The lowest BCUT2D eigenvalue weighted by molar-refractivity contribution is -0.139. The highest BCUT2D eigenvalue weighted by molar-refractivity contribution is 5.89. The van der Waals surface area contributed by atoms with Crippen molar-refractivity contribution in [2.75, 3.05) is 32.2 Å². The third kappa shape index (κ3) is 8.67. The van der Waals surface area contributed by atoms with Crippen molar-refractivity contribution in [3.05, 3.63) is 23.9 Å². The molecule has 1 fully saturated rings. The van der Waals surface area contributed by atoms with E-state index in [1.165, 1.54) is 6.20 Å². The van der Waals surface area contributed by atoms with Gasteiger partial charge in [-0.05, 0) is 30.4 Å². The number of rotatable bonds is 6. The van der Waals surface area contributed by atoms with Gasteiger partial charge in [0.2, 0.25) is 5.91 Å². The molecule has 1 aromatic heterocycles. The summed E-state index contributed by atoms with van der Waals surface area (Å²) in [6.07, 6.45) is 3.06. The van der Waals surface area contributed by atoms with Gasteiger partial charge in [0.1, 0.15) is 17.9 Å². The van der Waals surface area contributed by atoms with E-state index in [0.29, 0.717) is 31.2 Å². The highest BCUT2D eigenvalue weighted by atomic mass is 16.5. The molecule has 0 aromatic carbocycles. The molecule has 11 heteroatoms. The van der Waals surface area contributed by atoms with E-state index >= 15 is 0 Å². The fraction of sp³-hybridized carbons (Fsp3) is 0.619. The molecule has 32 heavy (non-hydrogen) atoms. The van der Waals surface area contributed by atoms with Gasteiger partial charge >= 0.3 is 12.0 Å². The number of ether oxygens (including phenoxy) is 2. The number of nitrogen functional groups attached to an aromatic ring is 1. The molecule has 2 heterocycles. The zero-order valence-corrected chi connectivity index (χ0v) is 18.5. The number of aromatic nitrogens is 1. The molecule has 0 radical (unpaired) electrons. The fourth-order valence-corrected chi connectivity index (χ4v) is 3.04. The van der Waals surface area contributed by atoms with E-state index in [4.69, 9.17) is 15.2 Å². The number of carboxylic acid groups (broad SMARTS) is 1. The number of pyridine rings is 1. The van der Waals surface area contributed by atoms with Crippen molar-refractivity contribution < 1.29 is 29.0 Å². The molecule has 2 unspecified atom stereocenters. The quantitative estimate of drug-likeness (QED) is 0.412. The van der Waals surface area contributed by atoms with Crippen LogP contribution >= 0.6 is 0 Å². The highest BCUT2D eigenvalue weighted by Crippen LogP contribution is 2.07. The lowest BCUT2D eigenvalue weighted by atomic mass is 10.0. The Hall–Kier alpha value is -2.92. The zero-order valence-electron chi connectivity index (χ0n) is 18.5. The number of amides is 3. The van der Waals surface area contributed by atoms with Gasteiger partial charge in [-0.3, -0.25) is 4.79 Å². The topological polar surface area (TPSA) is 165 Å². The fourth-order valence-electron chi connectivity index (χ4n) is 3.04. The van der Waals surface area contributed by atoms with E-state index in [1.54, 1.807) is 12.1 Å². The summed E-state index contributed by atoms with van der Waals surface area (Å²) >= 11 is 0. The number of nitrogens with two attached hydrogens (primary N) is 1. The van der Waals surface area contributed by atoms with Gasteiger partial charge in [0, 0.05) is 25.8 Å². The van der Waals surface area contributed by atoms with E-state index in [0.717, 1.165) is 12.8 Å². The third-order valence-corrected chi connectivity index (χ3v) is 5.05. The molecule has 0 saturated carbocycles. The predicted octanol–water partition coefficient (Wildman–Crippen LogP) is 0.295. The first kappa shape index (κ1) is 25.3. The maximum atomic E-state index is 12.8. The zero-order chi connectivity index (χ0) is 23.5. The van der Waals surface area contributed by atoms with Gasteiger partial charge in [-0.1, -0.05) is 19.9 Å². The van der Waals surface area contributed by atoms with Gasteiger partial charge in [-0.15, -0.1) is 0 Å². The van der Waals surface area contributed by atoms with Crippen LogP contribution in [0.25, 0.3) is 0 Å². The number of carboxylic acids is 1. The Morgan fingerprint density at radius 2 is 1.94 bits per heavy atom. The molecule has 0 aliphatic carbocycles. The second-order valence-corrected chi connectivity index (χ2v) is 8.07. The summed E-state index contributed by atoms with van der Waals surface area (Å²) in [5.41, 5.74) is 6.14. The van der Waals surface area contributed by atoms with E-state index < -0.39 is 30.0 Å². The van der Waals surface area contributed by atoms with Crippen LogP contribution < -0.4 is 21.7 Å². The van der Waals surface area contributed by atoms with Gasteiger partial charge in [0.15, 0.2) is 0 Å². The summed E-state index contributed by atoms with van der Waals surface area (Å²) < 4.78 is 11.2. The number of carbonyl (C=O) groups is 3. The largest absolute Gasteiger partial charge is 0.480 e. The molecule has 1 aliphatic heterocycles. The molecular weight excluding hydrogens is 418 g/mol. The Labute approximate surface area is 187 Å². The summed E-state index contributed by atoms with van der Waals surface area (Å²) in [4.78, 5) is 40.9. The van der Waals surface area contributed by atoms with Crippen molar-refractivity contribution in [3.8, 4) is 0 Å². The lowest BCUT2D eigenvalue weighted by Crippen LogP contribution is -2.57. The number of anilines is 1. The summed E-state index contributed by atoms with van der Waals surface area (Å²) in [5.74, 6) is -1.20. The first-order chi connectivity index (χ1) is 15.3. The minimum atomic E-state index is -1.22. The number of hydrogen-bond acceptors (Lipinski definition) is 7. The summed E-state index contributed by atoms with van der Waals surface area (Å²) in [7, 11) is 0. The SMILES string of the molecule is CC(C)C1COCCCCOC[C@@H](NC(=O)NC(Cc2ccc(N)nc2)C(=O)O)C(=O)N1. The maximum Gasteiger partial charge on any atom is 0.326 e. The predicted molar refractivity (Wildman–Crippen MR) is 117 cm³/mol.